The van der Waals surface area contributed by atoms with Crippen LogP contribution in [0.2, 0.25) is 0 Å². The van der Waals surface area contributed by atoms with Crippen molar-refractivity contribution in [2.45, 2.75) is 38.8 Å². The molecule has 146 valence electrons. The van der Waals surface area contributed by atoms with Gasteiger partial charge in [-0.05, 0) is 45.4 Å². The van der Waals surface area contributed by atoms with Gasteiger partial charge >= 0.3 is 6.09 Å². The molecule has 7 nitrogen and oxygen atoms in total. The maximum atomic E-state index is 14.2. The predicted molar refractivity (Wildman–Crippen MR) is 101 cm³/mol. The number of amides is 1. The molecule has 1 aromatic carbocycles. The van der Waals surface area contributed by atoms with Crippen LogP contribution in [-0.2, 0) is 4.74 Å². The number of aromatic nitrogens is 3. The fraction of sp³-hybridized carbons (Fsp3) is 0.350. The van der Waals surface area contributed by atoms with Crippen LogP contribution < -0.4 is 5.56 Å². The molecule has 0 saturated carbocycles. The highest BCUT2D eigenvalue weighted by Gasteiger charge is 2.39. The van der Waals surface area contributed by atoms with E-state index in [1.165, 1.54) is 26.2 Å². The molecule has 0 N–H and O–H groups in total. The van der Waals surface area contributed by atoms with Crippen molar-refractivity contribution in [3.63, 3.8) is 0 Å². The number of rotatable bonds is 2. The Balaban J connectivity index is 1.85. The van der Waals surface area contributed by atoms with Crippen molar-refractivity contribution in [2.24, 2.45) is 0 Å². The average molecular weight is 384 g/mol. The largest absolute Gasteiger partial charge is 0.444 e. The van der Waals surface area contributed by atoms with Crippen molar-refractivity contribution in [1.82, 2.24) is 19.1 Å². The van der Waals surface area contributed by atoms with Crippen LogP contribution >= 0.6 is 0 Å². The van der Waals surface area contributed by atoms with E-state index in [0.717, 1.165) is 0 Å². The van der Waals surface area contributed by atoms with Gasteiger partial charge in [-0.1, -0.05) is 18.2 Å². The van der Waals surface area contributed by atoms with Crippen LogP contribution in [0.3, 0.4) is 0 Å². The Hall–Kier alpha value is -3.16. The molecule has 28 heavy (non-hydrogen) atoms. The van der Waals surface area contributed by atoms with Crippen molar-refractivity contribution < 1.29 is 13.9 Å². The van der Waals surface area contributed by atoms with Gasteiger partial charge in [0, 0.05) is 12.7 Å². The molecule has 1 saturated heterocycles. The van der Waals surface area contributed by atoms with Gasteiger partial charge in [0.2, 0.25) is 0 Å². The van der Waals surface area contributed by atoms with Crippen LogP contribution in [0.1, 0.15) is 39.1 Å². The number of carbonyl (C=O) groups is 1. The third-order valence-corrected chi connectivity index (χ3v) is 4.62. The van der Waals surface area contributed by atoms with E-state index in [1.807, 2.05) is 6.07 Å². The van der Waals surface area contributed by atoms with Crippen LogP contribution in [0.25, 0.3) is 11.2 Å². The Labute approximate surface area is 161 Å². The molecule has 1 atom stereocenters. The summed E-state index contributed by atoms with van der Waals surface area (Å²) in [5.41, 5.74) is -0.711. The fourth-order valence-corrected chi connectivity index (χ4v) is 3.28. The SMILES string of the molecule is CC(C)(C)OC(=O)N1CC[C@H]1c1nn2ccc(F)c2c(=O)n1-c1ccccc1. The molecule has 0 unspecified atom stereocenters. The fourth-order valence-electron chi connectivity index (χ4n) is 3.28. The van der Waals surface area contributed by atoms with Crippen LogP contribution in [0.5, 0.6) is 0 Å². The number of nitrogens with zero attached hydrogens (tertiary/aromatic N) is 4. The first kappa shape index (κ1) is 18.2. The van der Waals surface area contributed by atoms with Gasteiger partial charge in [-0.2, -0.15) is 5.10 Å². The van der Waals surface area contributed by atoms with E-state index in [9.17, 15) is 14.0 Å². The van der Waals surface area contributed by atoms with Gasteiger partial charge in [-0.15, -0.1) is 0 Å². The number of carbonyl (C=O) groups excluding carboxylic acids is 1. The predicted octanol–water partition coefficient (Wildman–Crippen LogP) is 3.31. The van der Waals surface area contributed by atoms with Gasteiger partial charge < -0.3 is 4.74 Å². The zero-order chi connectivity index (χ0) is 20.1. The van der Waals surface area contributed by atoms with Gasteiger partial charge in [-0.3, -0.25) is 14.3 Å². The van der Waals surface area contributed by atoms with Crippen LogP contribution in [0.4, 0.5) is 9.18 Å². The number of halogens is 1. The van der Waals surface area contributed by atoms with Crippen molar-refractivity contribution in [1.29, 1.82) is 0 Å². The Morgan fingerprint density at radius 3 is 2.54 bits per heavy atom. The Morgan fingerprint density at radius 1 is 1.21 bits per heavy atom. The Kier molecular flexibility index (Phi) is 4.21. The van der Waals surface area contributed by atoms with Crippen LogP contribution in [0.15, 0.2) is 47.4 Å². The van der Waals surface area contributed by atoms with Crippen LogP contribution in [-0.4, -0.2) is 37.3 Å². The zero-order valence-electron chi connectivity index (χ0n) is 15.9. The highest BCUT2D eigenvalue weighted by molar-refractivity contribution is 5.69. The summed E-state index contributed by atoms with van der Waals surface area (Å²) in [6.07, 6.45) is 1.58. The highest BCUT2D eigenvalue weighted by Crippen LogP contribution is 2.34. The third-order valence-electron chi connectivity index (χ3n) is 4.62. The van der Waals surface area contributed by atoms with E-state index in [2.05, 4.69) is 5.10 Å². The van der Waals surface area contributed by atoms with Crippen molar-refractivity contribution >= 4 is 11.6 Å². The molecule has 4 rings (SSSR count). The number of hydrogen-bond acceptors (Lipinski definition) is 4. The quantitative estimate of drug-likeness (QED) is 0.680. The second kappa shape index (κ2) is 6.47. The number of para-hydroxylation sites is 1. The van der Waals surface area contributed by atoms with E-state index in [-0.39, 0.29) is 5.52 Å². The monoisotopic (exact) mass is 384 g/mol. The number of benzene rings is 1. The van der Waals surface area contributed by atoms with Gasteiger partial charge in [0.05, 0.1) is 11.7 Å². The Morgan fingerprint density at radius 2 is 1.93 bits per heavy atom. The minimum atomic E-state index is -0.633. The smallest absolute Gasteiger partial charge is 0.410 e. The molecule has 8 heteroatoms. The zero-order valence-corrected chi connectivity index (χ0v) is 15.9. The lowest BCUT2D eigenvalue weighted by Gasteiger charge is -2.41. The molecule has 2 aromatic heterocycles. The summed E-state index contributed by atoms with van der Waals surface area (Å²) in [5, 5.41) is 4.47. The molecule has 1 fully saturated rings. The summed E-state index contributed by atoms with van der Waals surface area (Å²) in [5.74, 6) is -0.261. The van der Waals surface area contributed by atoms with Crippen molar-refractivity contribution in [2.75, 3.05) is 6.54 Å². The first-order valence-corrected chi connectivity index (χ1v) is 9.11. The van der Waals surface area contributed by atoms with Gasteiger partial charge in [0.25, 0.3) is 5.56 Å². The second-order valence-electron chi connectivity index (χ2n) is 7.77. The minimum Gasteiger partial charge on any atom is -0.444 e. The van der Waals surface area contributed by atoms with E-state index in [1.54, 1.807) is 45.0 Å². The van der Waals surface area contributed by atoms with E-state index in [4.69, 9.17) is 4.74 Å². The molecule has 3 heterocycles. The third kappa shape index (κ3) is 3.04. The molecular weight excluding hydrogens is 363 g/mol. The number of ether oxygens (including phenoxy) is 1. The molecule has 0 spiro atoms. The lowest BCUT2D eigenvalue weighted by atomic mass is 10.0. The van der Waals surface area contributed by atoms with Crippen LogP contribution in [0, 0.1) is 5.82 Å². The maximum absolute atomic E-state index is 14.2. The summed E-state index contributed by atoms with van der Waals surface area (Å²) < 4.78 is 22.2. The molecule has 3 aromatic rings. The number of fused-ring (bicyclic) bond motifs is 1. The summed E-state index contributed by atoms with van der Waals surface area (Å²) in [6, 6.07) is 9.68. The number of hydrogen-bond donors (Lipinski definition) is 0. The van der Waals surface area contributed by atoms with E-state index in [0.29, 0.717) is 24.5 Å². The molecule has 1 amide bonds. The summed E-state index contributed by atoms with van der Waals surface area (Å²) in [7, 11) is 0. The second-order valence-corrected chi connectivity index (χ2v) is 7.77. The maximum Gasteiger partial charge on any atom is 0.410 e. The first-order valence-electron chi connectivity index (χ1n) is 9.11. The lowest BCUT2D eigenvalue weighted by molar-refractivity contribution is -0.00811. The molecule has 1 aliphatic rings. The van der Waals surface area contributed by atoms with Gasteiger partial charge in [0.1, 0.15) is 5.60 Å². The summed E-state index contributed by atoms with van der Waals surface area (Å²) in [4.78, 5) is 27.2. The summed E-state index contributed by atoms with van der Waals surface area (Å²) >= 11 is 0. The normalized spacial score (nSPS) is 16.9. The highest BCUT2D eigenvalue weighted by atomic mass is 19.1. The molecular formula is C20H21FN4O3. The van der Waals surface area contributed by atoms with Gasteiger partial charge in [0.15, 0.2) is 17.2 Å². The van der Waals surface area contributed by atoms with Gasteiger partial charge in [-0.25, -0.2) is 13.7 Å². The van der Waals surface area contributed by atoms with E-state index < -0.39 is 29.1 Å². The van der Waals surface area contributed by atoms with E-state index >= 15 is 0 Å². The minimum absolute atomic E-state index is 0.129. The number of likely N-dealkylation sites (tertiary alicyclic amines) is 1. The average Bonchev–Trinajstić information content (AvgIpc) is 2.94. The standard InChI is InChI=1S/C20H21FN4O3/c1-20(2,3)28-19(27)23-11-10-15(23)17-22-24-12-9-14(21)16(24)18(26)25(17)13-7-5-4-6-8-13/h4-9,12,15H,10-11H2,1-3H3/t15-/m0/s1. The Bertz CT molecular complexity index is 1100. The van der Waals surface area contributed by atoms with Crippen molar-refractivity contribution in [3.05, 3.63) is 64.6 Å². The molecule has 0 aliphatic carbocycles. The molecule has 0 radical (unpaired) electrons. The molecule has 0 bridgehead atoms. The van der Waals surface area contributed by atoms with Crippen molar-refractivity contribution in [3.8, 4) is 5.69 Å². The first-order chi connectivity index (χ1) is 13.3. The lowest BCUT2D eigenvalue weighted by Crippen LogP contribution is -2.49. The summed E-state index contributed by atoms with van der Waals surface area (Å²) in [6.45, 7) is 5.90. The molecule has 1 aliphatic heterocycles. The topological polar surface area (TPSA) is 68.8 Å².